The van der Waals surface area contributed by atoms with Crippen LogP contribution in [0, 0.1) is 5.41 Å². The van der Waals surface area contributed by atoms with Crippen molar-refractivity contribution in [1.82, 2.24) is 29.5 Å². The van der Waals surface area contributed by atoms with Gasteiger partial charge < -0.3 is 20.9 Å². The van der Waals surface area contributed by atoms with Gasteiger partial charge in [-0.2, -0.15) is 9.50 Å². The van der Waals surface area contributed by atoms with Crippen LogP contribution in [0.2, 0.25) is 0 Å². The lowest BCUT2D eigenvalue weighted by atomic mass is 10.0. The molecule has 0 aromatic carbocycles. The van der Waals surface area contributed by atoms with Gasteiger partial charge in [-0.3, -0.25) is 9.88 Å². The summed E-state index contributed by atoms with van der Waals surface area (Å²) in [6.45, 7) is 3.41. The highest BCUT2D eigenvalue weighted by Gasteiger charge is 2.26. The van der Waals surface area contributed by atoms with E-state index in [1.807, 2.05) is 0 Å². The Hall–Kier alpha value is -3.79. The lowest BCUT2D eigenvalue weighted by molar-refractivity contribution is 0.261. The van der Waals surface area contributed by atoms with E-state index in [2.05, 4.69) is 37.5 Å². The summed E-state index contributed by atoms with van der Waals surface area (Å²) in [5, 5.41) is 15.7. The summed E-state index contributed by atoms with van der Waals surface area (Å²) in [5.74, 6) is 2.39. The van der Waals surface area contributed by atoms with Crippen LogP contribution in [0.4, 0.5) is 11.8 Å². The lowest BCUT2D eigenvalue weighted by Crippen LogP contribution is -2.35. The minimum Gasteiger partial charge on any atom is -0.461 e. The van der Waals surface area contributed by atoms with Crippen LogP contribution < -0.4 is 11.1 Å². The second-order valence-corrected chi connectivity index (χ2v) is 8.63. The molecule has 33 heavy (non-hydrogen) atoms. The molecule has 1 aliphatic heterocycles. The Balaban J connectivity index is 1.17. The Morgan fingerprint density at radius 1 is 1.30 bits per heavy atom. The van der Waals surface area contributed by atoms with Gasteiger partial charge in [0.2, 0.25) is 11.8 Å². The molecule has 6 rings (SSSR count). The highest BCUT2D eigenvalue weighted by Crippen LogP contribution is 2.40. The SMILES string of the molecule is N=Cc1c(NCCN2CCc3ncc(C4CC4)cc3C2)nc(N)n2nc(-c3ccco3)nc12. The second-order valence-electron chi connectivity index (χ2n) is 8.63. The van der Waals surface area contributed by atoms with E-state index in [9.17, 15) is 0 Å². The molecule has 1 fully saturated rings. The van der Waals surface area contributed by atoms with Crippen molar-refractivity contribution in [1.29, 1.82) is 5.41 Å². The highest BCUT2D eigenvalue weighted by molar-refractivity contribution is 5.93. The molecular weight excluding hydrogens is 418 g/mol. The molecule has 0 spiro atoms. The van der Waals surface area contributed by atoms with Gasteiger partial charge in [0.05, 0.1) is 11.8 Å². The fourth-order valence-corrected chi connectivity index (χ4v) is 4.42. The van der Waals surface area contributed by atoms with E-state index in [1.165, 1.54) is 40.4 Å². The van der Waals surface area contributed by atoms with Crippen molar-refractivity contribution in [2.24, 2.45) is 0 Å². The predicted octanol–water partition coefficient (Wildman–Crippen LogP) is 2.71. The topological polar surface area (TPSA) is 134 Å². The van der Waals surface area contributed by atoms with Gasteiger partial charge in [0.25, 0.3) is 0 Å². The van der Waals surface area contributed by atoms with Crippen LogP contribution in [-0.2, 0) is 13.0 Å². The molecule has 4 aromatic rings. The van der Waals surface area contributed by atoms with Crippen molar-refractivity contribution in [3.05, 3.63) is 53.0 Å². The summed E-state index contributed by atoms with van der Waals surface area (Å²) in [6.07, 6.45) is 8.42. The maximum absolute atomic E-state index is 7.93. The molecule has 0 radical (unpaired) electrons. The maximum atomic E-state index is 7.93. The fraction of sp³-hybridized carbons (Fsp3) is 0.348. The monoisotopic (exact) mass is 443 g/mol. The van der Waals surface area contributed by atoms with Gasteiger partial charge >= 0.3 is 0 Å². The quantitative estimate of drug-likeness (QED) is 0.371. The molecule has 10 heteroatoms. The molecule has 168 valence electrons. The number of furan rings is 1. The first-order chi connectivity index (χ1) is 16.2. The molecule has 2 aliphatic rings. The van der Waals surface area contributed by atoms with Crippen LogP contribution in [0.5, 0.6) is 0 Å². The molecule has 1 saturated carbocycles. The number of fused-ring (bicyclic) bond motifs is 2. The van der Waals surface area contributed by atoms with E-state index in [1.54, 1.807) is 18.4 Å². The van der Waals surface area contributed by atoms with E-state index in [0.717, 1.165) is 32.0 Å². The number of rotatable bonds is 7. The zero-order valence-electron chi connectivity index (χ0n) is 18.2. The third-order valence-electron chi connectivity index (χ3n) is 6.34. The Morgan fingerprint density at radius 2 is 2.21 bits per heavy atom. The van der Waals surface area contributed by atoms with E-state index >= 15 is 0 Å². The first-order valence-corrected chi connectivity index (χ1v) is 11.2. The Bertz CT molecular complexity index is 1320. The van der Waals surface area contributed by atoms with Crippen LogP contribution in [-0.4, -0.2) is 55.3 Å². The largest absolute Gasteiger partial charge is 0.461 e. The highest BCUT2D eigenvalue weighted by atomic mass is 16.3. The van der Waals surface area contributed by atoms with E-state index < -0.39 is 0 Å². The van der Waals surface area contributed by atoms with Gasteiger partial charge in [-0.15, -0.1) is 5.10 Å². The molecule has 0 saturated heterocycles. The van der Waals surface area contributed by atoms with Crippen molar-refractivity contribution in [2.75, 3.05) is 30.7 Å². The summed E-state index contributed by atoms with van der Waals surface area (Å²) in [6, 6.07) is 5.90. The maximum Gasteiger partial charge on any atom is 0.225 e. The van der Waals surface area contributed by atoms with Gasteiger partial charge in [0.15, 0.2) is 11.4 Å². The zero-order valence-corrected chi connectivity index (χ0v) is 18.2. The smallest absolute Gasteiger partial charge is 0.225 e. The number of nitrogens with zero attached hydrogens (tertiary/aromatic N) is 6. The number of hydrogen-bond donors (Lipinski definition) is 3. The Kier molecular flexibility index (Phi) is 4.79. The molecular formula is C23H25N9O. The summed E-state index contributed by atoms with van der Waals surface area (Å²) < 4.78 is 6.83. The van der Waals surface area contributed by atoms with Crippen LogP contribution in [0.1, 0.15) is 41.1 Å². The number of nitrogens with one attached hydrogen (secondary N) is 2. The molecule has 4 aromatic heterocycles. The van der Waals surface area contributed by atoms with Crippen LogP contribution in [0.3, 0.4) is 0 Å². The fourth-order valence-electron chi connectivity index (χ4n) is 4.42. The average Bonchev–Trinajstić information content (AvgIpc) is 3.34. The van der Waals surface area contributed by atoms with E-state index in [-0.39, 0.29) is 5.95 Å². The summed E-state index contributed by atoms with van der Waals surface area (Å²) >= 11 is 0. The molecule has 5 heterocycles. The standard InChI is InChI=1S/C23H25N9O/c24-11-17-20(29-23(25)32-22(17)28-21(30-32)19-2-1-9-33-19)26-6-8-31-7-5-18-16(13-31)10-15(12-27-18)14-3-4-14/h1-2,9-12,14,24,26H,3-8,13H2,(H2,25,29). The van der Waals surface area contributed by atoms with Crippen LogP contribution in [0.25, 0.3) is 17.2 Å². The van der Waals surface area contributed by atoms with E-state index in [4.69, 9.17) is 20.5 Å². The summed E-state index contributed by atoms with van der Waals surface area (Å²) in [7, 11) is 0. The number of nitrogens with two attached hydrogens (primary N) is 1. The molecule has 1 aliphatic carbocycles. The van der Waals surface area contributed by atoms with Crippen molar-refractivity contribution < 1.29 is 4.42 Å². The first-order valence-electron chi connectivity index (χ1n) is 11.2. The van der Waals surface area contributed by atoms with Crippen molar-refractivity contribution in [2.45, 2.75) is 31.7 Å². The third kappa shape index (κ3) is 3.72. The van der Waals surface area contributed by atoms with Gasteiger partial charge in [-0.25, -0.2) is 4.98 Å². The molecule has 10 nitrogen and oxygen atoms in total. The van der Waals surface area contributed by atoms with E-state index in [0.29, 0.717) is 35.2 Å². The van der Waals surface area contributed by atoms with Crippen molar-refractivity contribution in [3.8, 4) is 11.6 Å². The molecule has 0 unspecified atom stereocenters. The second kappa shape index (κ2) is 7.96. The zero-order chi connectivity index (χ0) is 22.4. The normalized spacial score (nSPS) is 16.1. The molecule has 0 bridgehead atoms. The molecule has 0 amide bonds. The molecule has 4 N–H and O–H groups in total. The van der Waals surface area contributed by atoms with Crippen LogP contribution >= 0.6 is 0 Å². The van der Waals surface area contributed by atoms with Crippen LogP contribution in [0.15, 0.2) is 35.1 Å². The summed E-state index contributed by atoms with van der Waals surface area (Å²) in [4.78, 5) is 16.1. The minimum atomic E-state index is 0.203. The number of anilines is 2. The summed E-state index contributed by atoms with van der Waals surface area (Å²) in [5.41, 5.74) is 11.1. The number of aromatic nitrogens is 5. The van der Waals surface area contributed by atoms with Gasteiger partial charge in [-0.1, -0.05) is 6.07 Å². The predicted molar refractivity (Wildman–Crippen MR) is 124 cm³/mol. The van der Waals surface area contributed by atoms with Gasteiger partial charge in [0.1, 0.15) is 5.82 Å². The number of hydrogen-bond acceptors (Lipinski definition) is 9. The van der Waals surface area contributed by atoms with Crippen molar-refractivity contribution in [3.63, 3.8) is 0 Å². The third-order valence-corrected chi connectivity index (χ3v) is 6.34. The van der Waals surface area contributed by atoms with Crippen molar-refractivity contribution >= 4 is 23.6 Å². The number of pyridine rings is 1. The minimum absolute atomic E-state index is 0.203. The Morgan fingerprint density at radius 3 is 3.00 bits per heavy atom. The molecule has 0 atom stereocenters. The Labute approximate surface area is 190 Å². The average molecular weight is 444 g/mol. The lowest BCUT2D eigenvalue weighted by Gasteiger charge is -2.28. The first kappa shape index (κ1) is 19.9. The van der Waals surface area contributed by atoms with Gasteiger partial charge in [0, 0.05) is 50.7 Å². The van der Waals surface area contributed by atoms with Gasteiger partial charge in [-0.05, 0) is 42.0 Å². The number of nitrogen functional groups attached to an aromatic ring is 1.